The van der Waals surface area contributed by atoms with E-state index in [2.05, 4.69) is 10.3 Å². The summed E-state index contributed by atoms with van der Waals surface area (Å²) in [6.07, 6.45) is 0.629. The van der Waals surface area contributed by atoms with Crippen LogP contribution in [0.3, 0.4) is 0 Å². The lowest BCUT2D eigenvalue weighted by molar-refractivity contribution is -0.122. The van der Waals surface area contributed by atoms with Crippen LogP contribution in [0.4, 0.5) is 5.69 Å². The van der Waals surface area contributed by atoms with Gasteiger partial charge in [-0.3, -0.25) is 9.59 Å². The molecule has 3 N–H and O–H groups in total. The van der Waals surface area contributed by atoms with Gasteiger partial charge in [0.1, 0.15) is 11.5 Å². The van der Waals surface area contributed by atoms with Gasteiger partial charge in [0.15, 0.2) is 6.10 Å². The first-order valence-electron chi connectivity index (χ1n) is 8.78. The summed E-state index contributed by atoms with van der Waals surface area (Å²) >= 11 is 11.9. The van der Waals surface area contributed by atoms with Crippen molar-refractivity contribution in [2.24, 2.45) is 5.73 Å². The van der Waals surface area contributed by atoms with E-state index in [0.717, 1.165) is 0 Å². The van der Waals surface area contributed by atoms with Crippen LogP contribution in [-0.2, 0) is 4.79 Å². The van der Waals surface area contributed by atoms with Crippen LogP contribution in [-0.4, -0.2) is 22.9 Å². The minimum absolute atomic E-state index is 0.284. The summed E-state index contributed by atoms with van der Waals surface area (Å²) in [6.45, 7) is 1.59. The minimum Gasteiger partial charge on any atom is -0.479 e. The summed E-state index contributed by atoms with van der Waals surface area (Å²) in [5, 5.41) is 3.48. The highest BCUT2D eigenvalue weighted by molar-refractivity contribution is 6.35. The average Bonchev–Trinajstić information content (AvgIpc) is 2.71. The molecule has 7 nitrogen and oxygen atoms in total. The maximum atomic E-state index is 12.4. The molecule has 9 heteroatoms. The third-order valence-corrected chi connectivity index (χ3v) is 4.44. The Hall–Kier alpha value is -3.29. The maximum absolute atomic E-state index is 12.4. The number of nitrogens with two attached hydrogens (primary N) is 1. The second kappa shape index (κ2) is 9.47. The number of nitrogens with one attached hydrogen (secondary N) is 1. The summed E-state index contributed by atoms with van der Waals surface area (Å²) in [4.78, 5) is 27.7. The fourth-order valence-corrected chi connectivity index (χ4v) is 2.86. The van der Waals surface area contributed by atoms with Crippen LogP contribution in [0.15, 0.2) is 60.8 Å². The van der Waals surface area contributed by atoms with Crippen molar-refractivity contribution in [1.82, 2.24) is 4.98 Å². The smallest absolute Gasteiger partial charge is 0.265 e. The van der Waals surface area contributed by atoms with Gasteiger partial charge in [-0.05, 0) is 49.4 Å². The number of primary amides is 1. The molecule has 1 aromatic heterocycles. The van der Waals surface area contributed by atoms with E-state index in [9.17, 15) is 9.59 Å². The van der Waals surface area contributed by atoms with Crippen LogP contribution in [0.1, 0.15) is 17.3 Å². The van der Waals surface area contributed by atoms with Gasteiger partial charge < -0.3 is 20.5 Å². The number of nitrogens with zero attached hydrogens (tertiary/aromatic N) is 1. The Kier molecular flexibility index (Phi) is 6.76. The zero-order chi connectivity index (χ0) is 21.7. The average molecular weight is 446 g/mol. The largest absolute Gasteiger partial charge is 0.479 e. The first kappa shape index (κ1) is 21.4. The number of halogens is 2. The van der Waals surface area contributed by atoms with Crippen molar-refractivity contribution in [2.45, 2.75) is 13.0 Å². The SMILES string of the molecule is CC(Oc1ccc(Cl)cc1Cl)C(=O)Nc1ccc(Oc2cccc(C(N)=O)c2)nc1. The van der Waals surface area contributed by atoms with E-state index in [-0.39, 0.29) is 11.8 Å². The summed E-state index contributed by atoms with van der Waals surface area (Å²) in [6, 6.07) is 14.4. The van der Waals surface area contributed by atoms with Crippen molar-refractivity contribution in [3.05, 3.63) is 76.4 Å². The monoisotopic (exact) mass is 445 g/mol. The maximum Gasteiger partial charge on any atom is 0.265 e. The molecule has 0 aliphatic carbocycles. The normalized spacial score (nSPS) is 11.4. The first-order valence-corrected chi connectivity index (χ1v) is 9.54. The molecule has 0 saturated carbocycles. The number of benzene rings is 2. The Morgan fingerprint density at radius 1 is 1.10 bits per heavy atom. The molecule has 0 aliphatic rings. The predicted octanol–water partition coefficient (Wildman–Crippen LogP) is 4.69. The number of amides is 2. The Morgan fingerprint density at radius 3 is 2.57 bits per heavy atom. The van der Waals surface area contributed by atoms with E-state index < -0.39 is 12.0 Å². The first-order chi connectivity index (χ1) is 14.3. The summed E-state index contributed by atoms with van der Waals surface area (Å²) in [7, 11) is 0. The topological polar surface area (TPSA) is 104 Å². The highest BCUT2D eigenvalue weighted by atomic mass is 35.5. The highest BCUT2D eigenvalue weighted by Gasteiger charge is 2.17. The van der Waals surface area contributed by atoms with E-state index in [4.69, 9.17) is 38.4 Å². The van der Waals surface area contributed by atoms with E-state index in [0.29, 0.717) is 32.8 Å². The number of hydrogen-bond acceptors (Lipinski definition) is 5. The van der Waals surface area contributed by atoms with Crippen LogP contribution in [0, 0.1) is 0 Å². The minimum atomic E-state index is -0.809. The number of ether oxygens (including phenoxy) is 2. The third kappa shape index (κ3) is 5.62. The van der Waals surface area contributed by atoms with E-state index >= 15 is 0 Å². The molecule has 1 atom stereocenters. The molecule has 0 bridgehead atoms. The van der Waals surface area contributed by atoms with Crippen molar-refractivity contribution in [2.75, 3.05) is 5.32 Å². The molecule has 1 heterocycles. The molecule has 0 radical (unpaired) electrons. The Labute approximate surface area is 182 Å². The van der Waals surface area contributed by atoms with Crippen LogP contribution in [0.25, 0.3) is 0 Å². The lowest BCUT2D eigenvalue weighted by atomic mass is 10.2. The Morgan fingerprint density at radius 2 is 1.90 bits per heavy atom. The van der Waals surface area contributed by atoms with Gasteiger partial charge in [-0.25, -0.2) is 4.98 Å². The van der Waals surface area contributed by atoms with Gasteiger partial charge in [0.05, 0.1) is 16.9 Å². The van der Waals surface area contributed by atoms with E-state index in [1.165, 1.54) is 18.3 Å². The lowest BCUT2D eigenvalue weighted by Crippen LogP contribution is -2.30. The van der Waals surface area contributed by atoms with Gasteiger partial charge in [-0.15, -0.1) is 0 Å². The highest BCUT2D eigenvalue weighted by Crippen LogP contribution is 2.28. The molecular weight excluding hydrogens is 429 g/mol. The molecule has 0 fully saturated rings. The molecule has 3 aromatic rings. The number of anilines is 1. The van der Waals surface area contributed by atoms with Gasteiger partial charge in [0.25, 0.3) is 5.91 Å². The van der Waals surface area contributed by atoms with Crippen LogP contribution in [0.5, 0.6) is 17.4 Å². The molecule has 2 aromatic carbocycles. The van der Waals surface area contributed by atoms with Crippen LogP contribution < -0.4 is 20.5 Å². The van der Waals surface area contributed by atoms with Gasteiger partial charge >= 0.3 is 0 Å². The van der Waals surface area contributed by atoms with E-state index in [1.807, 2.05) is 0 Å². The van der Waals surface area contributed by atoms with Crippen LogP contribution in [0.2, 0.25) is 10.0 Å². The number of rotatable bonds is 7. The Bertz CT molecular complexity index is 1070. The third-order valence-electron chi connectivity index (χ3n) is 3.91. The Balaban J connectivity index is 1.60. The second-order valence-corrected chi connectivity index (χ2v) is 7.05. The molecule has 1 unspecified atom stereocenters. The fourth-order valence-electron chi connectivity index (χ4n) is 2.41. The van der Waals surface area contributed by atoms with Gasteiger partial charge in [0, 0.05) is 16.7 Å². The summed E-state index contributed by atoms with van der Waals surface area (Å²) in [5.41, 5.74) is 6.04. The quantitative estimate of drug-likeness (QED) is 0.548. The second-order valence-electron chi connectivity index (χ2n) is 6.20. The molecule has 3 rings (SSSR count). The van der Waals surface area contributed by atoms with Gasteiger partial charge in [0.2, 0.25) is 11.8 Å². The summed E-state index contributed by atoms with van der Waals surface area (Å²) < 4.78 is 11.2. The van der Waals surface area contributed by atoms with Crippen LogP contribution >= 0.6 is 23.2 Å². The molecule has 0 saturated heterocycles. The number of hydrogen-bond donors (Lipinski definition) is 2. The van der Waals surface area contributed by atoms with Crippen molar-refractivity contribution in [3.8, 4) is 17.4 Å². The predicted molar refractivity (Wildman–Crippen MR) is 114 cm³/mol. The van der Waals surface area contributed by atoms with Gasteiger partial charge in [-0.2, -0.15) is 0 Å². The number of pyridine rings is 1. The molecule has 30 heavy (non-hydrogen) atoms. The van der Waals surface area contributed by atoms with Crippen molar-refractivity contribution >= 4 is 40.7 Å². The molecule has 0 spiro atoms. The molecule has 2 amide bonds. The number of carbonyl (C=O) groups is 2. The summed E-state index contributed by atoms with van der Waals surface area (Å²) in [5.74, 6) is 0.112. The number of carbonyl (C=O) groups excluding carboxylic acids is 2. The molecule has 0 aliphatic heterocycles. The fraction of sp³-hybridized carbons (Fsp3) is 0.0952. The zero-order valence-corrected chi connectivity index (χ0v) is 17.3. The standard InChI is InChI=1S/C21H17Cl2N3O4/c1-12(29-18-7-5-14(22)10-17(18)23)21(28)26-15-6-8-19(25-11-15)30-16-4-2-3-13(9-16)20(24)27/h2-12H,1H3,(H2,24,27)(H,26,28). The lowest BCUT2D eigenvalue weighted by Gasteiger charge is -2.15. The zero-order valence-electron chi connectivity index (χ0n) is 15.8. The molecular formula is C21H17Cl2N3O4. The van der Waals surface area contributed by atoms with Crippen molar-refractivity contribution in [3.63, 3.8) is 0 Å². The number of aromatic nitrogens is 1. The van der Waals surface area contributed by atoms with E-state index in [1.54, 1.807) is 49.4 Å². The van der Waals surface area contributed by atoms with Crippen molar-refractivity contribution in [1.29, 1.82) is 0 Å². The molecule has 154 valence electrons. The van der Waals surface area contributed by atoms with Crippen molar-refractivity contribution < 1.29 is 19.1 Å². The van der Waals surface area contributed by atoms with Gasteiger partial charge in [-0.1, -0.05) is 29.3 Å².